The van der Waals surface area contributed by atoms with Crippen molar-refractivity contribution in [2.45, 2.75) is 13.5 Å². The van der Waals surface area contributed by atoms with Gasteiger partial charge < -0.3 is 15.0 Å². The Bertz CT molecular complexity index is 1220. The molecule has 0 saturated carbocycles. The van der Waals surface area contributed by atoms with Gasteiger partial charge in [0.25, 0.3) is 5.88 Å². The summed E-state index contributed by atoms with van der Waals surface area (Å²) >= 11 is 5.94. The number of rotatable bonds is 8. The molecule has 0 spiro atoms. The van der Waals surface area contributed by atoms with E-state index in [2.05, 4.69) is 10.4 Å². The SMILES string of the molecule is CC(=O)Nc1cccc(-n2nc(OCCN(C)C)c(=O)n(Cc3ccc(Cl)cc3)c2=O)c1. The molecule has 0 bridgehead atoms. The van der Waals surface area contributed by atoms with E-state index < -0.39 is 11.2 Å². The van der Waals surface area contributed by atoms with Crippen molar-refractivity contribution in [2.24, 2.45) is 0 Å². The Hall–Kier alpha value is -3.43. The molecule has 32 heavy (non-hydrogen) atoms. The van der Waals surface area contributed by atoms with Gasteiger partial charge in [-0.15, -0.1) is 5.10 Å². The maximum Gasteiger partial charge on any atom is 0.352 e. The van der Waals surface area contributed by atoms with Gasteiger partial charge in [-0.2, -0.15) is 4.68 Å². The number of amides is 1. The number of halogens is 1. The summed E-state index contributed by atoms with van der Waals surface area (Å²) in [6.45, 7) is 2.20. The zero-order valence-electron chi connectivity index (χ0n) is 18.0. The fourth-order valence-electron chi connectivity index (χ4n) is 2.91. The molecule has 3 aromatic rings. The van der Waals surface area contributed by atoms with E-state index in [4.69, 9.17) is 16.3 Å². The summed E-state index contributed by atoms with van der Waals surface area (Å²) in [5.41, 5.74) is 0.332. The summed E-state index contributed by atoms with van der Waals surface area (Å²) in [5.74, 6) is -0.437. The first kappa shape index (κ1) is 23.2. The van der Waals surface area contributed by atoms with Crippen molar-refractivity contribution in [3.05, 3.63) is 80.0 Å². The molecule has 1 amide bonds. The highest BCUT2D eigenvalue weighted by atomic mass is 35.5. The molecule has 9 nitrogen and oxygen atoms in total. The maximum absolute atomic E-state index is 13.2. The van der Waals surface area contributed by atoms with Crippen molar-refractivity contribution in [3.63, 3.8) is 0 Å². The van der Waals surface area contributed by atoms with Gasteiger partial charge in [0, 0.05) is 24.2 Å². The van der Waals surface area contributed by atoms with Gasteiger partial charge in [-0.3, -0.25) is 9.59 Å². The Kier molecular flexibility index (Phi) is 7.45. The summed E-state index contributed by atoms with van der Waals surface area (Å²) in [6.07, 6.45) is 0. The second kappa shape index (κ2) is 10.3. The van der Waals surface area contributed by atoms with Gasteiger partial charge in [0.2, 0.25) is 5.91 Å². The van der Waals surface area contributed by atoms with Gasteiger partial charge in [0.05, 0.1) is 12.2 Å². The fraction of sp³-hybridized carbons (Fsp3) is 0.273. The molecule has 0 saturated heterocycles. The molecule has 10 heteroatoms. The van der Waals surface area contributed by atoms with Crippen LogP contribution in [0, 0.1) is 0 Å². The van der Waals surface area contributed by atoms with E-state index in [0.717, 1.165) is 14.8 Å². The van der Waals surface area contributed by atoms with E-state index in [1.807, 2.05) is 19.0 Å². The van der Waals surface area contributed by atoms with Crippen LogP contribution in [0.3, 0.4) is 0 Å². The lowest BCUT2D eigenvalue weighted by Crippen LogP contribution is -2.42. The van der Waals surface area contributed by atoms with Crippen LogP contribution in [0.5, 0.6) is 5.88 Å². The molecule has 0 aliphatic rings. The van der Waals surface area contributed by atoms with Crippen molar-refractivity contribution in [2.75, 3.05) is 32.6 Å². The van der Waals surface area contributed by atoms with Crippen LogP contribution in [0.1, 0.15) is 12.5 Å². The number of ether oxygens (including phenoxy) is 1. The third-order valence-corrected chi connectivity index (χ3v) is 4.73. The lowest BCUT2D eigenvalue weighted by Gasteiger charge is -2.14. The molecule has 0 fully saturated rings. The van der Waals surface area contributed by atoms with Gasteiger partial charge in [-0.25, -0.2) is 9.36 Å². The molecule has 168 valence electrons. The second-order valence-electron chi connectivity index (χ2n) is 7.40. The Morgan fingerprint density at radius 2 is 1.88 bits per heavy atom. The van der Waals surface area contributed by atoms with Crippen LogP contribution in [0.2, 0.25) is 5.02 Å². The molecule has 3 rings (SSSR count). The molecule has 1 heterocycles. The number of nitrogens with one attached hydrogen (secondary N) is 1. The van der Waals surface area contributed by atoms with Crippen molar-refractivity contribution >= 4 is 23.2 Å². The summed E-state index contributed by atoms with van der Waals surface area (Å²) < 4.78 is 7.77. The molecular formula is C22H24ClN5O4. The first-order valence-corrected chi connectivity index (χ1v) is 10.3. The van der Waals surface area contributed by atoms with Gasteiger partial charge >= 0.3 is 11.2 Å². The van der Waals surface area contributed by atoms with Crippen LogP contribution < -0.4 is 21.3 Å². The number of likely N-dealkylation sites (N-methyl/N-ethyl adjacent to an activating group) is 1. The predicted octanol–water partition coefficient (Wildman–Crippen LogP) is 1.99. The number of benzene rings is 2. The van der Waals surface area contributed by atoms with Crippen LogP contribution in [0.25, 0.3) is 5.69 Å². The summed E-state index contributed by atoms with van der Waals surface area (Å²) in [6, 6.07) is 13.5. The monoisotopic (exact) mass is 457 g/mol. The van der Waals surface area contributed by atoms with Crippen LogP contribution >= 0.6 is 11.6 Å². The minimum atomic E-state index is -0.634. The third kappa shape index (κ3) is 5.83. The van der Waals surface area contributed by atoms with E-state index in [0.29, 0.717) is 22.9 Å². The van der Waals surface area contributed by atoms with Crippen LogP contribution in [0.15, 0.2) is 58.1 Å². The van der Waals surface area contributed by atoms with E-state index in [1.54, 1.807) is 48.5 Å². The minimum absolute atomic E-state index is 0.0206. The first-order valence-electron chi connectivity index (χ1n) is 9.89. The molecule has 2 aromatic carbocycles. The van der Waals surface area contributed by atoms with E-state index >= 15 is 0 Å². The lowest BCUT2D eigenvalue weighted by atomic mass is 10.2. The van der Waals surface area contributed by atoms with Gasteiger partial charge in [-0.1, -0.05) is 29.8 Å². The van der Waals surface area contributed by atoms with E-state index in [1.165, 1.54) is 6.92 Å². The molecule has 0 aliphatic carbocycles. The number of carbonyl (C=O) groups excluding carboxylic acids is 1. The normalized spacial score (nSPS) is 10.9. The van der Waals surface area contributed by atoms with Crippen LogP contribution in [0.4, 0.5) is 5.69 Å². The molecule has 0 aliphatic heterocycles. The Morgan fingerprint density at radius 3 is 2.53 bits per heavy atom. The van der Waals surface area contributed by atoms with E-state index in [9.17, 15) is 14.4 Å². The number of carbonyl (C=O) groups is 1. The van der Waals surface area contributed by atoms with Crippen molar-refractivity contribution < 1.29 is 9.53 Å². The summed E-state index contributed by atoms with van der Waals surface area (Å²) in [4.78, 5) is 39.5. The summed E-state index contributed by atoms with van der Waals surface area (Å²) in [5, 5.41) is 7.39. The Balaban J connectivity index is 2.09. The van der Waals surface area contributed by atoms with Crippen LogP contribution in [-0.2, 0) is 11.3 Å². The maximum atomic E-state index is 13.2. The highest BCUT2D eigenvalue weighted by Gasteiger charge is 2.17. The third-order valence-electron chi connectivity index (χ3n) is 4.47. The number of hydrogen-bond acceptors (Lipinski definition) is 6. The molecular weight excluding hydrogens is 434 g/mol. The van der Waals surface area contributed by atoms with Gasteiger partial charge in [-0.05, 0) is 50.0 Å². The first-order chi connectivity index (χ1) is 15.2. The molecule has 1 aromatic heterocycles. The number of hydrogen-bond donors (Lipinski definition) is 1. The summed E-state index contributed by atoms with van der Waals surface area (Å²) in [7, 11) is 3.76. The lowest BCUT2D eigenvalue weighted by molar-refractivity contribution is -0.114. The topological polar surface area (TPSA) is 98.5 Å². The minimum Gasteiger partial charge on any atom is -0.471 e. The molecule has 1 N–H and O–H groups in total. The van der Waals surface area contributed by atoms with Crippen molar-refractivity contribution in [1.29, 1.82) is 0 Å². The van der Waals surface area contributed by atoms with Gasteiger partial charge in [0.1, 0.15) is 6.61 Å². The van der Waals surface area contributed by atoms with Crippen LogP contribution in [-0.4, -0.2) is 52.4 Å². The molecule has 0 atom stereocenters. The highest BCUT2D eigenvalue weighted by molar-refractivity contribution is 6.30. The van der Waals surface area contributed by atoms with Crippen molar-refractivity contribution in [1.82, 2.24) is 19.2 Å². The number of aromatic nitrogens is 3. The van der Waals surface area contributed by atoms with E-state index in [-0.39, 0.29) is 24.9 Å². The predicted molar refractivity (Wildman–Crippen MR) is 123 cm³/mol. The smallest absolute Gasteiger partial charge is 0.352 e. The largest absolute Gasteiger partial charge is 0.471 e. The Morgan fingerprint density at radius 1 is 1.16 bits per heavy atom. The average Bonchev–Trinajstić information content (AvgIpc) is 2.73. The average molecular weight is 458 g/mol. The molecule has 0 radical (unpaired) electrons. The number of anilines is 1. The quantitative estimate of drug-likeness (QED) is 0.555. The number of nitrogens with zero attached hydrogens (tertiary/aromatic N) is 4. The highest BCUT2D eigenvalue weighted by Crippen LogP contribution is 2.14. The standard InChI is InChI=1S/C22H24ClN5O4/c1-15(29)24-18-5-4-6-19(13-18)28-22(31)27(14-16-7-9-17(23)10-8-16)21(30)20(25-28)32-12-11-26(2)3/h4-10,13H,11-12,14H2,1-3H3,(H,24,29). The van der Waals surface area contributed by atoms with Gasteiger partial charge in [0.15, 0.2) is 0 Å². The zero-order valence-corrected chi connectivity index (χ0v) is 18.8. The molecule has 0 unspecified atom stereocenters. The zero-order chi connectivity index (χ0) is 23.3. The fourth-order valence-corrected chi connectivity index (χ4v) is 3.03. The second-order valence-corrected chi connectivity index (χ2v) is 7.84. The Labute approximate surface area is 189 Å². The van der Waals surface area contributed by atoms with Crippen molar-refractivity contribution in [3.8, 4) is 11.6 Å².